The molecule has 0 saturated heterocycles. The average Bonchev–Trinajstić information content (AvgIpc) is 2.90. The summed E-state index contributed by atoms with van der Waals surface area (Å²) in [6.45, 7) is 4.96. The maximum Gasteiger partial charge on any atom is 0.129 e. The molecule has 1 aromatic heterocycles. The molecular formula is C14H24N4. The number of nitrogens with zero attached hydrogens (tertiary/aromatic N) is 2. The number of hydrogen-bond acceptors (Lipinski definition) is 4. The van der Waals surface area contributed by atoms with E-state index >= 15 is 0 Å². The Labute approximate surface area is 109 Å². The second-order valence-corrected chi connectivity index (χ2v) is 5.51. The highest BCUT2D eigenvalue weighted by Crippen LogP contribution is 2.29. The highest BCUT2D eigenvalue weighted by molar-refractivity contribution is 5.37. The Morgan fingerprint density at radius 1 is 1.33 bits per heavy atom. The molecule has 1 aromatic rings. The van der Waals surface area contributed by atoms with Crippen molar-refractivity contribution in [3.8, 4) is 0 Å². The largest absolute Gasteiger partial charge is 0.366 e. The van der Waals surface area contributed by atoms with Gasteiger partial charge in [0.05, 0.1) is 0 Å². The van der Waals surface area contributed by atoms with Crippen LogP contribution in [0.2, 0.25) is 0 Å². The first kappa shape index (κ1) is 13.3. The minimum atomic E-state index is 0.349. The van der Waals surface area contributed by atoms with Gasteiger partial charge < -0.3 is 11.1 Å². The second-order valence-electron chi connectivity index (χ2n) is 5.51. The standard InChI is InChI=1S/C14H24N4/c1-10(2)12-7-14(17-9-16-12)18-13(8-15)11-5-3-4-6-11/h7,9-11,13H,3-6,8,15H2,1-2H3,(H,16,17,18). The second kappa shape index (κ2) is 6.14. The molecule has 1 aliphatic carbocycles. The molecule has 1 aliphatic rings. The minimum absolute atomic E-state index is 0.349. The Morgan fingerprint density at radius 2 is 2.06 bits per heavy atom. The molecule has 0 aromatic carbocycles. The van der Waals surface area contributed by atoms with E-state index in [2.05, 4.69) is 29.1 Å². The molecule has 1 unspecified atom stereocenters. The zero-order valence-electron chi connectivity index (χ0n) is 11.4. The Balaban J connectivity index is 2.04. The Hall–Kier alpha value is -1.16. The molecule has 1 atom stereocenters. The van der Waals surface area contributed by atoms with E-state index in [0.717, 1.165) is 11.5 Å². The molecule has 1 saturated carbocycles. The van der Waals surface area contributed by atoms with Crippen molar-refractivity contribution >= 4 is 5.82 Å². The van der Waals surface area contributed by atoms with E-state index in [1.165, 1.54) is 25.7 Å². The summed E-state index contributed by atoms with van der Waals surface area (Å²) in [4.78, 5) is 8.59. The van der Waals surface area contributed by atoms with Gasteiger partial charge in [-0.1, -0.05) is 26.7 Å². The average molecular weight is 248 g/mol. The van der Waals surface area contributed by atoms with Gasteiger partial charge in [0.15, 0.2) is 0 Å². The number of aromatic nitrogens is 2. The van der Waals surface area contributed by atoms with Gasteiger partial charge in [0, 0.05) is 24.3 Å². The van der Waals surface area contributed by atoms with Crippen molar-refractivity contribution in [3.05, 3.63) is 18.1 Å². The van der Waals surface area contributed by atoms with E-state index in [-0.39, 0.29) is 0 Å². The van der Waals surface area contributed by atoms with Crippen LogP contribution in [0.1, 0.15) is 51.1 Å². The van der Waals surface area contributed by atoms with Gasteiger partial charge in [-0.05, 0) is 24.7 Å². The highest BCUT2D eigenvalue weighted by Gasteiger charge is 2.24. The number of hydrogen-bond donors (Lipinski definition) is 2. The summed E-state index contributed by atoms with van der Waals surface area (Å²) < 4.78 is 0. The van der Waals surface area contributed by atoms with Crippen LogP contribution in [-0.2, 0) is 0 Å². The summed E-state index contributed by atoms with van der Waals surface area (Å²) in [6.07, 6.45) is 6.89. The third-order valence-electron chi connectivity index (χ3n) is 3.84. The molecule has 1 fully saturated rings. The molecule has 1 heterocycles. The molecule has 18 heavy (non-hydrogen) atoms. The number of rotatable bonds is 5. The summed E-state index contributed by atoms with van der Waals surface area (Å²) >= 11 is 0. The third kappa shape index (κ3) is 3.19. The normalized spacial score (nSPS) is 18.2. The van der Waals surface area contributed by atoms with Gasteiger partial charge in [-0.2, -0.15) is 0 Å². The van der Waals surface area contributed by atoms with E-state index in [9.17, 15) is 0 Å². The van der Waals surface area contributed by atoms with Gasteiger partial charge in [-0.15, -0.1) is 0 Å². The zero-order valence-corrected chi connectivity index (χ0v) is 11.4. The van der Waals surface area contributed by atoms with E-state index < -0.39 is 0 Å². The summed E-state index contributed by atoms with van der Waals surface area (Å²) in [6, 6.07) is 2.39. The fourth-order valence-electron chi connectivity index (χ4n) is 2.69. The fourth-order valence-corrected chi connectivity index (χ4v) is 2.69. The van der Waals surface area contributed by atoms with Gasteiger partial charge in [0.25, 0.3) is 0 Å². The van der Waals surface area contributed by atoms with Crippen LogP contribution in [-0.4, -0.2) is 22.6 Å². The lowest BCUT2D eigenvalue weighted by atomic mass is 9.98. The summed E-state index contributed by atoms with van der Waals surface area (Å²) in [5, 5.41) is 3.49. The van der Waals surface area contributed by atoms with Crippen LogP contribution in [0, 0.1) is 5.92 Å². The monoisotopic (exact) mass is 248 g/mol. The quantitative estimate of drug-likeness (QED) is 0.840. The van der Waals surface area contributed by atoms with Gasteiger partial charge in [0.2, 0.25) is 0 Å². The summed E-state index contributed by atoms with van der Waals surface area (Å²) in [7, 11) is 0. The zero-order chi connectivity index (χ0) is 13.0. The third-order valence-corrected chi connectivity index (χ3v) is 3.84. The molecule has 0 bridgehead atoms. The van der Waals surface area contributed by atoms with Gasteiger partial charge in [0.1, 0.15) is 12.1 Å². The van der Waals surface area contributed by atoms with E-state index in [0.29, 0.717) is 24.4 Å². The predicted octanol–water partition coefficient (Wildman–Crippen LogP) is 2.53. The first-order chi connectivity index (χ1) is 8.70. The number of nitrogens with one attached hydrogen (secondary N) is 1. The van der Waals surface area contributed by atoms with Crippen LogP contribution < -0.4 is 11.1 Å². The van der Waals surface area contributed by atoms with Crippen molar-refractivity contribution < 1.29 is 0 Å². The van der Waals surface area contributed by atoms with Crippen LogP contribution in [0.25, 0.3) is 0 Å². The van der Waals surface area contributed by atoms with Crippen LogP contribution >= 0.6 is 0 Å². The molecule has 0 aliphatic heterocycles. The van der Waals surface area contributed by atoms with Crippen molar-refractivity contribution in [2.75, 3.05) is 11.9 Å². The molecule has 2 rings (SSSR count). The lowest BCUT2D eigenvalue weighted by Gasteiger charge is -2.23. The van der Waals surface area contributed by atoms with Crippen molar-refractivity contribution in [3.63, 3.8) is 0 Å². The number of nitrogens with two attached hydrogens (primary N) is 1. The maximum atomic E-state index is 5.89. The molecule has 0 radical (unpaired) electrons. The van der Waals surface area contributed by atoms with Crippen molar-refractivity contribution in [1.82, 2.24) is 9.97 Å². The lowest BCUT2D eigenvalue weighted by molar-refractivity contribution is 0.461. The van der Waals surface area contributed by atoms with Crippen molar-refractivity contribution in [2.24, 2.45) is 11.7 Å². The Bertz CT molecular complexity index is 372. The first-order valence-electron chi connectivity index (χ1n) is 6.99. The SMILES string of the molecule is CC(C)c1cc(NC(CN)C2CCCC2)ncn1. The molecule has 3 N–H and O–H groups in total. The van der Waals surface area contributed by atoms with Gasteiger partial charge in [-0.25, -0.2) is 9.97 Å². The van der Waals surface area contributed by atoms with Crippen LogP contribution in [0.3, 0.4) is 0 Å². The highest BCUT2D eigenvalue weighted by atomic mass is 15.0. The van der Waals surface area contributed by atoms with Crippen molar-refractivity contribution in [2.45, 2.75) is 51.5 Å². The summed E-state index contributed by atoms with van der Waals surface area (Å²) in [5.41, 5.74) is 6.97. The lowest BCUT2D eigenvalue weighted by Crippen LogP contribution is -2.35. The topological polar surface area (TPSA) is 63.8 Å². The first-order valence-corrected chi connectivity index (χ1v) is 6.99. The maximum absolute atomic E-state index is 5.89. The Morgan fingerprint density at radius 3 is 2.67 bits per heavy atom. The van der Waals surface area contributed by atoms with Crippen molar-refractivity contribution in [1.29, 1.82) is 0 Å². The molecule has 0 spiro atoms. The van der Waals surface area contributed by atoms with E-state index in [4.69, 9.17) is 5.73 Å². The summed E-state index contributed by atoms with van der Waals surface area (Å²) in [5.74, 6) is 2.04. The van der Waals surface area contributed by atoms with E-state index in [1.54, 1.807) is 6.33 Å². The van der Waals surface area contributed by atoms with Crippen LogP contribution in [0.15, 0.2) is 12.4 Å². The molecule has 100 valence electrons. The molecule has 4 nitrogen and oxygen atoms in total. The molecule has 4 heteroatoms. The minimum Gasteiger partial charge on any atom is -0.366 e. The van der Waals surface area contributed by atoms with Gasteiger partial charge >= 0.3 is 0 Å². The van der Waals surface area contributed by atoms with Crippen LogP contribution in [0.4, 0.5) is 5.82 Å². The fraction of sp³-hybridized carbons (Fsp3) is 0.714. The van der Waals surface area contributed by atoms with Gasteiger partial charge in [-0.3, -0.25) is 0 Å². The molecule has 0 amide bonds. The predicted molar refractivity (Wildman–Crippen MR) is 74.5 cm³/mol. The molecular weight excluding hydrogens is 224 g/mol. The smallest absolute Gasteiger partial charge is 0.129 e. The van der Waals surface area contributed by atoms with Crippen LogP contribution in [0.5, 0.6) is 0 Å². The Kier molecular flexibility index (Phi) is 4.53. The number of anilines is 1. The van der Waals surface area contributed by atoms with E-state index in [1.807, 2.05) is 6.07 Å².